The van der Waals surface area contributed by atoms with Crippen LogP contribution in [0.3, 0.4) is 0 Å². The molecule has 2 atom stereocenters. The molecule has 0 aromatic rings. The molecule has 0 saturated heterocycles. The standard InChI is InChI=1S/C12H23NO3/c1-16-12(15)6-3-7-13-8-10-4-2-5-11(10)9-14/h10-11,13-14H,2-9H2,1H3. The van der Waals surface area contributed by atoms with Gasteiger partial charge < -0.3 is 15.2 Å². The Morgan fingerprint density at radius 1 is 1.44 bits per heavy atom. The number of carbonyl (C=O) groups is 1. The van der Waals surface area contributed by atoms with Gasteiger partial charge in [0.05, 0.1) is 7.11 Å². The minimum Gasteiger partial charge on any atom is -0.469 e. The summed E-state index contributed by atoms with van der Waals surface area (Å²) in [5.41, 5.74) is 0. The van der Waals surface area contributed by atoms with Gasteiger partial charge in [0.25, 0.3) is 0 Å². The molecule has 0 spiro atoms. The summed E-state index contributed by atoms with van der Waals surface area (Å²) in [6.07, 6.45) is 4.92. The van der Waals surface area contributed by atoms with Crippen molar-refractivity contribution in [3.63, 3.8) is 0 Å². The van der Waals surface area contributed by atoms with Gasteiger partial charge in [0, 0.05) is 13.0 Å². The average molecular weight is 229 g/mol. The van der Waals surface area contributed by atoms with Gasteiger partial charge in [-0.05, 0) is 44.2 Å². The van der Waals surface area contributed by atoms with Gasteiger partial charge in [-0.1, -0.05) is 6.42 Å². The number of hydrogen-bond acceptors (Lipinski definition) is 4. The zero-order valence-electron chi connectivity index (χ0n) is 10.1. The molecule has 1 aliphatic rings. The number of aliphatic hydroxyl groups is 1. The van der Waals surface area contributed by atoms with E-state index in [0.29, 0.717) is 24.9 Å². The summed E-state index contributed by atoms with van der Waals surface area (Å²) in [4.78, 5) is 10.8. The minimum absolute atomic E-state index is 0.143. The summed E-state index contributed by atoms with van der Waals surface area (Å²) < 4.78 is 4.56. The topological polar surface area (TPSA) is 58.6 Å². The summed E-state index contributed by atoms with van der Waals surface area (Å²) in [5.74, 6) is 0.951. The van der Waals surface area contributed by atoms with Crippen molar-refractivity contribution in [3.8, 4) is 0 Å². The molecule has 4 heteroatoms. The van der Waals surface area contributed by atoms with Crippen LogP contribution in [0.5, 0.6) is 0 Å². The molecule has 1 aliphatic carbocycles. The number of methoxy groups -OCH3 is 1. The first-order valence-corrected chi connectivity index (χ1v) is 6.16. The maximum absolute atomic E-state index is 10.8. The van der Waals surface area contributed by atoms with Gasteiger partial charge in [-0.3, -0.25) is 4.79 Å². The molecule has 0 aromatic heterocycles. The summed E-state index contributed by atoms with van der Waals surface area (Å²) in [6.45, 7) is 2.13. The second-order valence-electron chi connectivity index (χ2n) is 4.52. The van der Waals surface area contributed by atoms with Crippen molar-refractivity contribution in [1.29, 1.82) is 0 Å². The highest BCUT2D eigenvalue weighted by Crippen LogP contribution is 2.30. The molecule has 0 aromatic carbocycles. The molecule has 16 heavy (non-hydrogen) atoms. The van der Waals surface area contributed by atoms with Gasteiger partial charge in [0.1, 0.15) is 0 Å². The highest BCUT2D eigenvalue weighted by Gasteiger charge is 2.25. The van der Waals surface area contributed by atoms with E-state index < -0.39 is 0 Å². The molecule has 0 heterocycles. The number of rotatable bonds is 7. The van der Waals surface area contributed by atoms with Crippen LogP contribution >= 0.6 is 0 Å². The number of esters is 1. The highest BCUT2D eigenvalue weighted by atomic mass is 16.5. The second kappa shape index (κ2) is 7.63. The van der Waals surface area contributed by atoms with Gasteiger partial charge in [-0.15, -0.1) is 0 Å². The molecule has 94 valence electrons. The Kier molecular flexibility index (Phi) is 6.42. The highest BCUT2D eigenvalue weighted by molar-refractivity contribution is 5.69. The predicted octanol–water partition coefficient (Wildman–Crippen LogP) is 0.938. The van der Waals surface area contributed by atoms with Crippen LogP contribution in [0.2, 0.25) is 0 Å². The van der Waals surface area contributed by atoms with Gasteiger partial charge in [-0.25, -0.2) is 0 Å². The van der Waals surface area contributed by atoms with E-state index in [1.165, 1.54) is 20.0 Å². The molecule has 1 fully saturated rings. The zero-order valence-corrected chi connectivity index (χ0v) is 10.1. The molecular weight excluding hydrogens is 206 g/mol. The smallest absolute Gasteiger partial charge is 0.305 e. The van der Waals surface area contributed by atoms with Crippen molar-refractivity contribution in [3.05, 3.63) is 0 Å². The largest absolute Gasteiger partial charge is 0.469 e. The summed E-state index contributed by atoms with van der Waals surface area (Å²) >= 11 is 0. The van der Waals surface area contributed by atoms with Crippen LogP contribution in [0.15, 0.2) is 0 Å². The Morgan fingerprint density at radius 3 is 2.88 bits per heavy atom. The van der Waals surface area contributed by atoms with Crippen LogP contribution in [-0.2, 0) is 9.53 Å². The van der Waals surface area contributed by atoms with E-state index >= 15 is 0 Å². The van der Waals surface area contributed by atoms with Crippen LogP contribution in [0.25, 0.3) is 0 Å². The van der Waals surface area contributed by atoms with Crippen LogP contribution in [0.4, 0.5) is 0 Å². The first kappa shape index (κ1) is 13.5. The molecule has 1 saturated carbocycles. The van der Waals surface area contributed by atoms with E-state index in [-0.39, 0.29) is 5.97 Å². The Labute approximate surface area is 97.4 Å². The van der Waals surface area contributed by atoms with Gasteiger partial charge in [0.2, 0.25) is 0 Å². The van der Waals surface area contributed by atoms with Crippen molar-refractivity contribution >= 4 is 5.97 Å². The van der Waals surface area contributed by atoms with E-state index in [0.717, 1.165) is 25.9 Å². The summed E-state index contributed by atoms with van der Waals surface area (Å²) in [6, 6.07) is 0. The Balaban J connectivity index is 2.00. The molecule has 2 unspecified atom stereocenters. The fraction of sp³-hybridized carbons (Fsp3) is 0.917. The first-order valence-electron chi connectivity index (χ1n) is 6.16. The monoisotopic (exact) mass is 229 g/mol. The third-order valence-electron chi connectivity index (χ3n) is 3.42. The Hall–Kier alpha value is -0.610. The van der Waals surface area contributed by atoms with E-state index in [1.54, 1.807) is 0 Å². The van der Waals surface area contributed by atoms with Crippen molar-refractivity contribution in [1.82, 2.24) is 5.32 Å². The molecule has 4 nitrogen and oxygen atoms in total. The third kappa shape index (κ3) is 4.49. The number of carbonyl (C=O) groups excluding carboxylic acids is 1. The van der Waals surface area contributed by atoms with E-state index in [2.05, 4.69) is 10.1 Å². The van der Waals surface area contributed by atoms with E-state index in [1.807, 2.05) is 0 Å². The maximum atomic E-state index is 10.8. The van der Waals surface area contributed by atoms with Crippen LogP contribution < -0.4 is 5.32 Å². The van der Waals surface area contributed by atoms with E-state index in [9.17, 15) is 4.79 Å². The average Bonchev–Trinajstić information content (AvgIpc) is 2.75. The van der Waals surface area contributed by atoms with Gasteiger partial charge in [0.15, 0.2) is 0 Å². The molecule has 1 rings (SSSR count). The lowest BCUT2D eigenvalue weighted by molar-refractivity contribution is -0.140. The maximum Gasteiger partial charge on any atom is 0.305 e. The summed E-state index contributed by atoms with van der Waals surface area (Å²) in [5, 5.41) is 12.5. The van der Waals surface area contributed by atoms with Crippen molar-refractivity contribution in [2.24, 2.45) is 11.8 Å². The number of nitrogens with one attached hydrogen (secondary N) is 1. The lowest BCUT2D eigenvalue weighted by Gasteiger charge is -2.17. The van der Waals surface area contributed by atoms with Gasteiger partial charge >= 0.3 is 5.97 Å². The lowest BCUT2D eigenvalue weighted by atomic mass is 9.97. The van der Waals surface area contributed by atoms with Crippen LogP contribution in [-0.4, -0.2) is 37.9 Å². The Morgan fingerprint density at radius 2 is 2.19 bits per heavy atom. The third-order valence-corrected chi connectivity index (χ3v) is 3.42. The number of ether oxygens (including phenoxy) is 1. The molecule has 0 aliphatic heterocycles. The first-order chi connectivity index (χ1) is 7.77. The molecule has 0 bridgehead atoms. The predicted molar refractivity (Wildman–Crippen MR) is 62.0 cm³/mol. The molecule has 2 N–H and O–H groups in total. The second-order valence-corrected chi connectivity index (χ2v) is 4.52. The SMILES string of the molecule is COC(=O)CCCNCC1CCCC1CO. The van der Waals surface area contributed by atoms with Crippen LogP contribution in [0.1, 0.15) is 32.1 Å². The molecular formula is C12H23NO3. The van der Waals surface area contributed by atoms with Crippen molar-refractivity contribution in [2.75, 3.05) is 26.8 Å². The minimum atomic E-state index is -0.143. The van der Waals surface area contributed by atoms with E-state index in [4.69, 9.17) is 5.11 Å². The fourth-order valence-electron chi connectivity index (χ4n) is 2.37. The molecule has 0 amide bonds. The number of hydrogen-bond donors (Lipinski definition) is 2. The lowest BCUT2D eigenvalue weighted by Crippen LogP contribution is -2.27. The van der Waals surface area contributed by atoms with Crippen molar-refractivity contribution in [2.45, 2.75) is 32.1 Å². The molecule has 0 radical (unpaired) electrons. The van der Waals surface area contributed by atoms with Crippen molar-refractivity contribution < 1.29 is 14.6 Å². The Bertz CT molecular complexity index is 208. The quantitative estimate of drug-likeness (QED) is 0.504. The van der Waals surface area contributed by atoms with Crippen LogP contribution in [0, 0.1) is 11.8 Å². The summed E-state index contributed by atoms with van der Waals surface area (Å²) in [7, 11) is 1.42. The number of aliphatic hydroxyl groups excluding tert-OH is 1. The normalized spacial score (nSPS) is 24.6. The van der Waals surface area contributed by atoms with Gasteiger partial charge in [-0.2, -0.15) is 0 Å². The fourth-order valence-corrected chi connectivity index (χ4v) is 2.37. The zero-order chi connectivity index (χ0) is 11.8.